The fourth-order valence-corrected chi connectivity index (χ4v) is 4.66. The second-order valence-electron chi connectivity index (χ2n) is 10.2. The molecule has 1 unspecified atom stereocenters. The minimum absolute atomic E-state index is 0.438. The number of aromatic hydroxyl groups is 1. The van der Waals surface area contributed by atoms with Crippen molar-refractivity contribution in [2.75, 3.05) is 0 Å². The Morgan fingerprint density at radius 1 is 0.829 bits per heavy atom. The maximum absolute atomic E-state index is 13.6. The van der Waals surface area contributed by atoms with Crippen LogP contribution in [-0.2, 0) is 0 Å². The van der Waals surface area contributed by atoms with E-state index in [1.807, 2.05) is 12.1 Å². The highest BCUT2D eigenvalue weighted by atomic mass is 19.1. The van der Waals surface area contributed by atoms with Gasteiger partial charge in [0.25, 0.3) is 0 Å². The molecule has 1 aliphatic carbocycles. The van der Waals surface area contributed by atoms with E-state index in [1.54, 1.807) is 0 Å². The summed E-state index contributed by atoms with van der Waals surface area (Å²) in [6.45, 7) is 8.99. The normalized spacial score (nSPS) is 18.8. The molecular formula is C32H46F2O. The van der Waals surface area contributed by atoms with Crippen LogP contribution in [0, 0.1) is 23.5 Å². The molecule has 0 amide bonds. The van der Waals surface area contributed by atoms with Gasteiger partial charge in [-0.2, -0.15) is 0 Å². The Labute approximate surface area is 212 Å². The summed E-state index contributed by atoms with van der Waals surface area (Å²) < 4.78 is 27.1. The summed E-state index contributed by atoms with van der Waals surface area (Å²) in [5, 5.41) is 9.24. The van der Waals surface area contributed by atoms with E-state index in [0.29, 0.717) is 23.3 Å². The zero-order chi connectivity index (χ0) is 25.6. The predicted molar refractivity (Wildman–Crippen MR) is 146 cm³/mol. The number of unbranched alkanes of at least 4 members (excludes halogenated alkanes) is 5. The number of hydrogen-bond acceptors (Lipinski definition) is 1. The summed E-state index contributed by atoms with van der Waals surface area (Å²) in [6.07, 6.45) is 19.2. The van der Waals surface area contributed by atoms with Crippen molar-refractivity contribution in [2.45, 2.75) is 104 Å². The fourth-order valence-electron chi connectivity index (χ4n) is 4.66. The van der Waals surface area contributed by atoms with E-state index in [2.05, 4.69) is 52.0 Å². The quantitative estimate of drug-likeness (QED) is 0.263. The summed E-state index contributed by atoms with van der Waals surface area (Å²) in [4.78, 5) is 0. The van der Waals surface area contributed by atoms with E-state index in [4.69, 9.17) is 0 Å². The first kappa shape index (κ1) is 29.1. The number of rotatable bonds is 10. The number of benzene rings is 2. The van der Waals surface area contributed by atoms with E-state index in [0.717, 1.165) is 5.56 Å². The van der Waals surface area contributed by atoms with Gasteiger partial charge in [-0.05, 0) is 72.3 Å². The van der Waals surface area contributed by atoms with Crippen molar-refractivity contribution >= 4 is 0 Å². The predicted octanol–water partition coefficient (Wildman–Crippen LogP) is 10.6. The first-order valence-electron chi connectivity index (χ1n) is 13.9. The Morgan fingerprint density at radius 2 is 1.37 bits per heavy atom. The third kappa shape index (κ3) is 9.78. The van der Waals surface area contributed by atoms with Crippen molar-refractivity contribution in [2.24, 2.45) is 11.8 Å². The Bertz CT molecular complexity index is 850. The van der Waals surface area contributed by atoms with Crippen molar-refractivity contribution in [3.8, 4) is 16.9 Å². The van der Waals surface area contributed by atoms with Crippen LogP contribution in [-0.4, -0.2) is 5.11 Å². The molecule has 3 rings (SSSR count). The average molecular weight is 485 g/mol. The van der Waals surface area contributed by atoms with Crippen LogP contribution >= 0.6 is 0 Å². The monoisotopic (exact) mass is 484 g/mol. The van der Waals surface area contributed by atoms with Gasteiger partial charge < -0.3 is 5.11 Å². The molecule has 0 aliphatic heterocycles. The number of allylic oxidation sites excluding steroid dienone is 2. The molecule has 0 bridgehead atoms. The van der Waals surface area contributed by atoms with Crippen molar-refractivity contribution < 1.29 is 13.9 Å². The van der Waals surface area contributed by atoms with E-state index in [9.17, 15) is 13.9 Å². The molecule has 1 aliphatic rings. The van der Waals surface area contributed by atoms with Crippen LogP contribution in [0.4, 0.5) is 8.78 Å². The molecule has 0 saturated heterocycles. The molecular weight excluding hydrogens is 438 g/mol. The van der Waals surface area contributed by atoms with Gasteiger partial charge in [-0.25, -0.2) is 8.78 Å². The first-order chi connectivity index (χ1) is 16.9. The van der Waals surface area contributed by atoms with Gasteiger partial charge in [0.15, 0.2) is 17.4 Å². The Morgan fingerprint density at radius 3 is 1.86 bits per heavy atom. The van der Waals surface area contributed by atoms with Crippen LogP contribution in [0.2, 0.25) is 0 Å². The molecule has 1 fully saturated rings. The number of phenolic OH excluding ortho intramolecular Hbond substituents is 1. The average Bonchev–Trinajstić information content (AvgIpc) is 2.89. The smallest absolute Gasteiger partial charge is 0.187 e. The molecule has 3 heteroatoms. The maximum atomic E-state index is 13.6. The zero-order valence-electron chi connectivity index (χ0n) is 22.3. The third-order valence-corrected chi connectivity index (χ3v) is 7.32. The lowest BCUT2D eigenvalue weighted by Crippen LogP contribution is -2.12. The number of halogens is 2. The van der Waals surface area contributed by atoms with Gasteiger partial charge in [-0.1, -0.05) is 109 Å². The van der Waals surface area contributed by atoms with E-state index >= 15 is 0 Å². The number of phenols is 1. The Kier molecular flexibility index (Phi) is 13.1. The molecule has 2 aromatic rings. The molecule has 35 heavy (non-hydrogen) atoms. The summed E-state index contributed by atoms with van der Waals surface area (Å²) in [5.41, 5.74) is 2.48. The maximum Gasteiger partial charge on any atom is 0.187 e. The van der Waals surface area contributed by atoms with Gasteiger partial charge in [-0.3, -0.25) is 0 Å². The van der Waals surface area contributed by atoms with Crippen LogP contribution in [0.3, 0.4) is 0 Å². The van der Waals surface area contributed by atoms with Crippen LogP contribution in [0.15, 0.2) is 48.6 Å². The topological polar surface area (TPSA) is 20.2 Å². The molecule has 0 heterocycles. The molecule has 1 saturated carbocycles. The molecule has 1 nitrogen and oxygen atoms in total. The van der Waals surface area contributed by atoms with Crippen molar-refractivity contribution in [3.05, 3.63) is 65.7 Å². The van der Waals surface area contributed by atoms with Crippen LogP contribution < -0.4 is 0 Å². The molecule has 0 radical (unpaired) electrons. The fraction of sp³-hybridized carbons (Fsp3) is 0.562. The molecule has 0 aromatic heterocycles. The Balaban J connectivity index is 0.000000466. The van der Waals surface area contributed by atoms with E-state index in [1.165, 1.54) is 88.3 Å². The van der Waals surface area contributed by atoms with E-state index < -0.39 is 17.4 Å². The highest BCUT2D eigenvalue weighted by molar-refractivity contribution is 5.65. The highest BCUT2D eigenvalue weighted by Gasteiger charge is 2.21. The van der Waals surface area contributed by atoms with Crippen LogP contribution in [0.5, 0.6) is 5.75 Å². The second kappa shape index (κ2) is 15.8. The largest absolute Gasteiger partial charge is 0.503 e. The lowest BCUT2D eigenvalue weighted by Gasteiger charge is -2.27. The zero-order valence-corrected chi connectivity index (χ0v) is 22.3. The van der Waals surface area contributed by atoms with Gasteiger partial charge in [0.2, 0.25) is 0 Å². The summed E-state index contributed by atoms with van der Waals surface area (Å²) >= 11 is 0. The number of hydrogen-bond donors (Lipinski definition) is 1. The first-order valence-corrected chi connectivity index (χ1v) is 13.9. The minimum Gasteiger partial charge on any atom is -0.503 e. The van der Waals surface area contributed by atoms with Crippen LogP contribution in [0.1, 0.15) is 110 Å². The third-order valence-electron chi connectivity index (χ3n) is 7.32. The van der Waals surface area contributed by atoms with Gasteiger partial charge in [-0.15, -0.1) is 0 Å². The lowest BCUT2D eigenvalue weighted by atomic mass is 9.78. The van der Waals surface area contributed by atoms with Gasteiger partial charge in [0.05, 0.1) is 0 Å². The van der Waals surface area contributed by atoms with Crippen molar-refractivity contribution in [3.63, 3.8) is 0 Å². The van der Waals surface area contributed by atoms with Crippen LogP contribution in [0.25, 0.3) is 11.1 Å². The van der Waals surface area contributed by atoms with Gasteiger partial charge in [0.1, 0.15) is 0 Å². The van der Waals surface area contributed by atoms with Gasteiger partial charge in [0, 0.05) is 0 Å². The highest BCUT2D eigenvalue weighted by Crippen LogP contribution is 2.37. The standard InChI is InChI=1S/C24H28F2O.C8H18/c1-3-16(2)4-5-17-6-8-18(9-7-17)19-10-12-20(13-11-19)21-14-22(25)24(27)23(26)15-21;1-3-5-7-8-6-4-2/h4-5,10-18,27H,3,6-9H2,1-2H3;3-8H2,1-2H3/b5-4+;. The van der Waals surface area contributed by atoms with Crippen molar-refractivity contribution in [1.82, 2.24) is 0 Å². The lowest BCUT2D eigenvalue weighted by molar-refractivity contribution is 0.374. The summed E-state index contributed by atoms with van der Waals surface area (Å²) in [7, 11) is 0. The molecule has 2 aromatic carbocycles. The molecule has 1 N–H and O–H groups in total. The molecule has 194 valence electrons. The van der Waals surface area contributed by atoms with Gasteiger partial charge >= 0.3 is 0 Å². The minimum atomic E-state index is -0.933. The summed E-state index contributed by atoms with van der Waals surface area (Å²) in [6, 6.07) is 10.3. The van der Waals surface area contributed by atoms with Crippen molar-refractivity contribution in [1.29, 1.82) is 0 Å². The summed E-state index contributed by atoms with van der Waals surface area (Å²) in [5.74, 6) is -0.881. The molecule has 0 spiro atoms. The van der Waals surface area contributed by atoms with E-state index in [-0.39, 0.29) is 0 Å². The molecule has 1 atom stereocenters. The SMILES string of the molecule is CCC(C)/C=C/C1CCC(c2ccc(-c3cc(F)c(O)c(F)c3)cc2)CC1.CCCCCCCC. The second-order valence-corrected chi connectivity index (χ2v) is 10.2. The Hall–Kier alpha value is -2.16.